The highest BCUT2D eigenvalue weighted by atomic mass is 19.1. The van der Waals surface area contributed by atoms with E-state index in [1.165, 1.54) is 12.1 Å². The Morgan fingerprint density at radius 2 is 2.00 bits per heavy atom. The minimum Gasteiger partial charge on any atom is -0.388 e. The van der Waals surface area contributed by atoms with Crippen molar-refractivity contribution in [1.82, 2.24) is 5.32 Å². The molecule has 1 atom stereocenters. The molecule has 0 aliphatic heterocycles. The third kappa shape index (κ3) is 3.44. The number of hydrogen-bond acceptors (Lipinski definition) is 2. The van der Waals surface area contributed by atoms with Gasteiger partial charge in [0.05, 0.1) is 6.10 Å². The Labute approximate surface area is 83.8 Å². The number of aliphatic hydroxyl groups is 1. The molecule has 0 aliphatic rings. The Hall–Kier alpha value is -0.930. The predicted molar refractivity (Wildman–Crippen MR) is 54.5 cm³/mol. The van der Waals surface area contributed by atoms with Crippen molar-refractivity contribution in [3.63, 3.8) is 0 Å². The molecule has 78 valence electrons. The second-order valence-electron chi connectivity index (χ2n) is 3.31. The number of halogens is 1. The highest BCUT2D eigenvalue weighted by Gasteiger charge is 2.06. The first-order valence-electron chi connectivity index (χ1n) is 4.82. The summed E-state index contributed by atoms with van der Waals surface area (Å²) in [5, 5.41) is 12.7. The molecule has 0 aliphatic carbocycles. The first-order chi connectivity index (χ1) is 6.74. The minimum atomic E-state index is -0.482. The van der Waals surface area contributed by atoms with Crippen molar-refractivity contribution in [3.05, 3.63) is 35.6 Å². The van der Waals surface area contributed by atoms with Gasteiger partial charge < -0.3 is 10.4 Å². The van der Waals surface area contributed by atoms with Crippen LogP contribution in [-0.4, -0.2) is 18.7 Å². The zero-order valence-corrected chi connectivity index (χ0v) is 8.33. The third-order valence-corrected chi connectivity index (χ3v) is 2.16. The molecule has 2 nitrogen and oxygen atoms in total. The Kier molecular flexibility index (Phi) is 4.56. The monoisotopic (exact) mass is 197 g/mol. The van der Waals surface area contributed by atoms with E-state index in [1.807, 2.05) is 7.05 Å². The first-order valence-corrected chi connectivity index (χ1v) is 4.82. The molecule has 0 aromatic heterocycles. The van der Waals surface area contributed by atoms with Gasteiger partial charge in [-0.2, -0.15) is 0 Å². The van der Waals surface area contributed by atoms with Crippen LogP contribution in [0.4, 0.5) is 4.39 Å². The van der Waals surface area contributed by atoms with Crippen LogP contribution in [0.2, 0.25) is 0 Å². The SMILES string of the molecule is CNCCCC(O)c1ccc(F)cc1. The normalized spacial score (nSPS) is 12.8. The van der Waals surface area contributed by atoms with E-state index in [-0.39, 0.29) is 5.82 Å². The van der Waals surface area contributed by atoms with Crippen LogP contribution in [0.5, 0.6) is 0 Å². The summed E-state index contributed by atoms with van der Waals surface area (Å²) in [5.74, 6) is -0.267. The predicted octanol–water partition coefficient (Wildman–Crippen LogP) is 1.86. The second-order valence-corrected chi connectivity index (χ2v) is 3.31. The topological polar surface area (TPSA) is 32.3 Å². The molecule has 2 N–H and O–H groups in total. The largest absolute Gasteiger partial charge is 0.388 e. The fraction of sp³-hybridized carbons (Fsp3) is 0.455. The standard InChI is InChI=1S/C11H16FNO/c1-13-8-2-3-11(14)9-4-6-10(12)7-5-9/h4-7,11,13-14H,2-3,8H2,1H3. The molecule has 3 heteroatoms. The average molecular weight is 197 g/mol. The highest BCUT2D eigenvalue weighted by Crippen LogP contribution is 2.17. The lowest BCUT2D eigenvalue weighted by atomic mass is 10.1. The van der Waals surface area contributed by atoms with Gasteiger partial charge in [0.2, 0.25) is 0 Å². The van der Waals surface area contributed by atoms with Crippen LogP contribution in [0, 0.1) is 5.82 Å². The van der Waals surface area contributed by atoms with E-state index in [1.54, 1.807) is 12.1 Å². The smallest absolute Gasteiger partial charge is 0.123 e. The summed E-state index contributed by atoms with van der Waals surface area (Å²) in [5.41, 5.74) is 0.780. The molecule has 1 aromatic rings. The van der Waals surface area contributed by atoms with E-state index in [0.717, 1.165) is 18.5 Å². The molecule has 0 saturated heterocycles. The fourth-order valence-electron chi connectivity index (χ4n) is 1.32. The fourth-order valence-corrected chi connectivity index (χ4v) is 1.32. The zero-order chi connectivity index (χ0) is 10.4. The summed E-state index contributed by atoms with van der Waals surface area (Å²) in [6.45, 7) is 0.887. The van der Waals surface area contributed by atoms with Crippen LogP contribution in [-0.2, 0) is 0 Å². The van der Waals surface area contributed by atoms with Gasteiger partial charge in [0.25, 0.3) is 0 Å². The van der Waals surface area contributed by atoms with Crippen molar-refractivity contribution < 1.29 is 9.50 Å². The van der Waals surface area contributed by atoms with E-state index in [9.17, 15) is 9.50 Å². The number of rotatable bonds is 5. The van der Waals surface area contributed by atoms with E-state index in [2.05, 4.69) is 5.32 Å². The number of aliphatic hydroxyl groups excluding tert-OH is 1. The van der Waals surface area contributed by atoms with E-state index in [0.29, 0.717) is 6.42 Å². The molecular weight excluding hydrogens is 181 g/mol. The van der Waals surface area contributed by atoms with Crippen LogP contribution in [0.3, 0.4) is 0 Å². The van der Waals surface area contributed by atoms with Gasteiger partial charge in [-0.1, -0.05) is 12.1 Å². The van der Waals surface area contributed by atoms with Crippen LogP contribution < -0.4 is 5.32 Å². The molecular formula is C11H16FNO. The van der Waals surface area contributed by atoms with Crippen molar-refractivity contribution in [1.29, 1.82) is 0 Å². The van der Waals surface area contributed by atoms with E-state index < -0.39 is 6.10 Å². The molecule has 0 bridgehead atoms. The maximum absolute atomic E-state index is 12.6. The lowest BCUT2D eigenvalue weighted by molar-refractivity contribution is 0.164. The Morgan fingerprint density at radius 3 is 2.57 bits per heavy atom. The molecule has 1 unspecified atom stereocenters. The molecule has 0 amide bonds. The maximum atomic E-state index is 12.6. The Bertz CT molecular complexity index is 260. The summed E-state index contributed by atoms with van der Waals surface area (Å²) in [4.78, 5) is 0. The van der Waals surface area contributed by atoms with Crippen LogP contribution in [0.1, 0.15) is 24.5 Å². The van der Waals surface area contributed by atoms with Gasteiger partial charge in [-0.05, 0) is 44.1 Å². The van der Waals surface area contributed by atoms with Crippen molar-refractivity contribution in [2.75, 3.05) is 13.6 Å². The van der Waals surface area contributed by atoms with Gasteiger partial charge in [-0.3, -0.25) is 0 Å². The summed E-state index contributed by atoms with van der Waals surface area (Å²) < 4.78 is 12.6. The number of nitrogens with one attached hydrogen (secondary N) is 1. The van der Waals surface area contributed by atoms with Crippen LogP contribution in [0.15, 0.2) is 24.3 Å². The maximum Gasteiger partial charge on any atom is 0.123 e. The van der Waals surface area contributed by atoms with Crippen molar-refractivity contribution in [2.45, 2.75) is 18.9 Å². The lowest BCUT2D eigenvalue weighted by Crippen LogP contribution is -2.09. The van der Waals surface area contributed by atoms with Crippen LogP contribution in [0.25, 0.3) is 0 Å². The summed E-state index contributed by atoms with van der Waals surface area (Å²) >= 11 is 0. The molecule has 0 fully saturated rings. The molecule has 14 heavy (non-hydrogen) atoms. The van der Waals surface area contributed by atoms with Crippen molar-refractivity contribution in [3.8, 4) is 0 Å². The van der Waals surface area contributed by atoms with Crippen LogP contribution >= 0.6 is 0 Å². The molecule has 0 heterocycles. The second kappa shape index (κ2) is 5.73. The quantitative estimate of drug-likeness (QED) is 0.706. The van der Waals surface area contributed by atoms with E-state index >= 15 is 0 Å². The Morgan fingerprint density at radius 1 is 1.36 bits per heavy atom. The van der Waals surface area contributed by atoms with Gasteiger partial charge in [0, 0.05) is 0 Å². The highest BCUT2D eigenvalue weighted by molar-refractivity contribution is 5.18. The molecule has 1 aromatic carbocycles. The lowest BCUT2D eigenvalue weighted by Gasteiger charge is -2.10. The van der Waals surface area contributed by atoms with Crippen molar-refractivity contribution in [2.24, 2.45) is 0 Å². The van der Waals surface area contributed by atoms with E-state index in [4.69, 9.17) is 0 Å². The van der Waals surface area contributed by atoms with Gasteiger partial charge >= 0.3 is 0 Å². The van der Waals surface area contributed by atoms with Crippen molar-refractivity contribution >= 4 is 0 Å². The van der Waals surface area contributed by atoms with Gasteiger partial charge in [-0.15, -0.1) is 0 Å². The Balaban J connectivity index is 2.43. The third-order valence-electron chi connectivity index (χ3n) is 2.16. The summed E-state index contributed by atoms with van der Waals surface area (Å²) in [6.07, 6.45) is 1.13. The first kappa shape index (κ1) is 11.1. The molecule has 0 saturated carbocycles. The summed E-state index contributed by atoms with van der Waals surface area (Å²) in [7, 11) is 1.88. The molecule has 0 spiro atoms. The summed E-state index contributed by atoms with van der Waals surface area (Å²) in [6, 6.07) is 5.99. The average Bonchev–Trinajstić information content (AvgIpc) is 2.19. The minimum absolute atomic E-state index is 0.267. The number of benzene rings is 1. The number of hydrogen-bond donors (Lipinski definition) is 2. The molecule has 1 rings (SSSR count). The van der Waals surface area contributed by atoms with Gasteiger partial charge in [-0.25, -0.2) is 4.39 Å². The van der Waals surface area contributed by atoms with Gasteiger partial charge in [0.15, 0.2) is 0 Å². The van der Waals surface area contributed by atoms with Gasteiger partial charge in [0.1, 0.15) is 5.82 Å². The molecule has 0 radical (unpaired) electrons. The zero-order valence-electron chi connectivity index (χ0n) is 8.33.